The number of aromatic nitrogens is 2. The summed E-state index contributed by atoms with van der Waals surface area (Å²) in [7, 11) is 1.74. The summed E-state index contributed by atoms with van der Waals surface area (Å²) in [5.74, 6) is -0.441. The van der Waals surface area contributed by atoms with Crippen molar-refractivity contribution in [1.82, 2.24) is 9.78 Å². The summed E-state index contributed by atoms with van der Waals surface area (Å²) in [6, 6.07) is 6.84. The highest BCUT2D eigenvalue weighted by Crippen LogP contribution is 2.18. The molecule has 2 rings (SSSR count). The first kappa shape index (κ1) is 14.3. The Morgan fingerprint density at radius 2 is 1.70 bits per heavy atom. The molecule has 1 heterocycles. The van der Waals surface area contributed by atoms with Crippen LogP contribution in [0, 0.1) is 0 Å². The first-order valence-corrected chi connectivity index (χ1v) is 6.63. The highest BCUT2D eigenvalue weighted by molar-refractivity contribution is 9.10. The third-order valence-corrected chi connectivity index (χ3v) is 3.04. The normalized spacial score (nSPS) is 10.2. The van der Waals surface area contributed by atoms with E-state index < -0.39 is 0 Å². The number of rotatable bonds is 3. The molecular weight excluding hydrogens is 324 g/mol. The van der Waals surface area contributed by atoms with Crippen LogP contribution in [0.25, 0.3) is 0 Å². The van der Waals surface area contributed by atoms with E-state index in [0.29, 0.717) is 21.5 Å². The zero-order valence-corrected chi connectivity index (χ0v) is 12.6. The second-order valence-electron chi connectivity index (χ2n) is 4.21. The number of benzene rings is 1. The molecule has 0 spiro atoms. The number of anilines is 2. The topological polar surface area (TPSA) is 76.0 Å². The van der Waals surface area contributed by atoms with Crippen LogP contribution in [0.15, 0.2) is 34.9 Å². The van der Waals surface area contributed by atoms with Gasteiger partial charge in [-0.25, -0.2) is 0 Å². The van der Waals surface area contributed by atoms with Gasteiger partial charge in [0.2, 0.25) is 5.91 Å². The fourth-order valence-corrected chi connectivity index (χ4v) is 2.20. The van der Waals surface area contributed by atoms with Gasteiger partial charge in [-0.3, -0.25) is 14.3 Å². The van der Waals surface area contributed by atoms with E-state index in [2.05, 4.69) is 31.7 Å². The first-order chi connectivity index (χ1) is 9.45. The molecule has 2 amide bonds. The van der Waals surface area contributed by atoms with Gasteiger partial charge in [0.1, 0.15) is 0 Å². The Bertz CT molecular complexity index is 649. The molecule has 6 nitrogen and oxygen atoms in total. The van der Waals surface area contributed by atoms with Crippen LogP contribution in [-0.4, -0.2) is 21.6 Å². The number of amides is 2. The van der Waals surface area contributed by atoms with Crippen molar-refractivity contribution in [2.24, 2.45) is 7.05 Å². The maximum Gasteiger partial charge on any atom is 0.277 e. The third-order valence-electron chi connectivity index (χ3n) is 2.46. The monoisotopic (exact) mass is 336 g/mol. The van der Waals surface area contributed by atoms with E-state index in [-0.39, 0.29) is 11.8 Å². The highest BCUT2D eigenvalue weighted by atomic mass is 79.9. The zero-order chi connectivity index (χ0) is 14.7. The van der Waals surface area contributed by atoms with E-state index in [9.17, 15) is 9.59 Å². The number of hydrogen-bond acceptors (Lipinski definition) is 3. The summed E-state index contributed by atoms with van der Waals surface area (Å²) >= 11 is 3.28. The van der Waals surface area contributed by atoms with E-state index in [1.54, 1.807) is 42.2 Å². The highest BCUT2D eigenvalue weighted by Gasteiger charge is 2.14. The predicted octanol–water partition coefficient (Wildman–Crippen LogP) is 2.39. The third kappa shape index (κ3) is 3.45. The van der Waals surface area contributed by atoms with Crippen molar-refractivity contribution in [2.45, 2.75) is 6.92 Å². The van der Waals surface area contributed by atoms with Gasteiger partial charge in [0.05, 0.1) is 4.47 Å². The Balaban J connectivity index is 2.08. The van der Waals surface area contributed by atoms with Crippen molar-refractivity contribution in [2.75, 3.05) is 10.6 Å². The van der Waals surface area contributed by atoms with Gasteiger partial charge >= 0.3 is 0 Å². The minimum atomic E-state index is -0.301. The van der Waals surface area contributed by atoms with Gasteiger partial charge in [-0.05, 0) is 40.2 Å². The molecule has 2 N–H and O–H groups in total. The summed E-state index contributed by atoms with van der Waals surface area (Å²) in [5, 5.41) is 9.45. The number of carbonyl (C=O) groups is 2. The number of carbonyl (C=O) groups excluding carboxylic acids is 2. The fourth-order valence-electron chi connectivity index (χ4n) is 1.64. The number of halogens is 1. The van der Waals surface area contributed by atoms with Crippen molar-refractivity contribution < 1.29 is 9.59 Å². The minimum absolute atomic E-state index is 0.140. The van der Waals surface area contributed by atoms with Gasteiger partial charge in [-0.1, -0.05) is 0 Å². The maximum atomic E-state index is 12.0. The Kier molecular flexibility index (Phi) is 4.19. The molecular formula is C13H13BrN4O2. The summed E-state index contributed by atoms with van der Waals surface area (Å²) in [4.78, 5) is 22.9. The lowest BCUT2D eigenvalue weighted by Crippen LogP contribution is -2.13. The van der Waals surface area contributed by atoms with E-state index in [0.717, 1.165) is 0 Å². The first-order valence-electron chi connectivity index (χ1n) is 5.84. The quantitative estimate of drug-likeness (QED) is 0.903. The van der Waals surface area contributed by atoms with E-state index >= 15 is 0 Å². The van der Waals surface area contributed by atoms with Gasteiger partial charge in [0, 0.05) is 31.5 Å². The number of aryl methyl sites for hydroxylation is 1. The lowest BCUT2D eigenvalue weighted by atomic mass is 10.2. The second kappa shape index (κ2) is 5.87. The SMILES string of the molecule is CC(=O)Nc1ccc(NC(=O)c2nn(C)cc2Br)cc1. The molecule has 2 aromatic rings. The maximum absolute atomic E-state index is 12.0. The molecule has 20 heavy (non-hydrogen) atoms. The molecule has 1 aromatic carbocycles. The average molecular weight is 337 g/mol. The van der Waals surface area contributed by atoms with Gasteiger partial charge in [-0.15, -0.1) is 0 Å². The Morgan fingerprint density at radius 1 is 1.15 bits per heavy atom. The largest absolute Gasteiger partial charge is 0.326 e. The van der Waals surface area contributed by atoms with Crippen LogP contribution in [0.4, 0.5) is 11.4 Å². The fraction of sp³-hybridized carbons (Fsp3) is 0.154. The molecule has 0 saturated heterocycles. The number of nitrogens with one attached hydrogen (secondary N) is 2. The van der Waals surface area contributed by atoms with Crippen molar-refractivity contribution >= 4 is 39.1 Å². The Labute approximate surface area is 124 Å². The van der Waals surface area contributed by atoms with Crippen LogP contribution in [-0.2, 0) is 11.8 Å². The number of hydrogen-bond donors (Lipinski definition) is 2. The van der Waals surface area contributed by atoms with Crippen LogP contribution < -0.4 is 10.6 Å². The van der Waals surface area contributed by atoms with Crippen molar-refractivity contribution in [3.63, 3.8) is 0 Å². The van der Waals surface area contributed by atoms with Crippen molar-refractivity contribution in [1.29, 1.82) is 0 Å². The summed E-state index contributed by atoms with van der Waals surface area (Å²) in [6.45, 7) is 1.44. The van der Waals surface area contributed by atoms with Gasteiger partial charge in [0.15, 0.2) is 5.69 Å². The molecule has 0 unspecified atom stereocenters. The van der Waals surface area contributed by atoms with Crippen LogP contribution in [0.3, 0.4) is 0 Å². The van der Waals surface area contributed by atoms with Crippen LogP contribution in [0.1, 0.15) is 17.4 Å². The second-order valence-corrected chi connectivity index (χ2v) is 5.07. The molecule has 0 bridgehead atoms. The molecule has 0 aliphatic rings. The van der Waals surface area contributed by atoms with Crippen LogP contribution >= 0.6 is 15.9 Å². The molecule has 104 valence electrons. The Morgan fingerprint density at radius 3 is 2.15 bits per heavy atom. The lowest BCUT2D eigenvalue weighted by molar-refractivity contribution is -0.114. The Hall–Kier alpha value is -2.15. The van der Waals surface area contributed by atoms with E-state index in [1.807, 2.05) is 0 Å². The van der Waals surface area contributed by atoms with Crippen LogP contribution in [0.2, 0.25) is 0 Å². The van der Waals surface area contributed by atoms with Crippen molar-refractivity contribution in [3.8, 4) is 0 Å². The molecule has 0 fully saturated rings. The van der Waals surface area contributed by atoms with E-state index in [1.165, 1.54) is 6.92 Å². The van der Waals surface area contributed by atoms with Gasteiger partial charge in [0.25, 0.3) is 5.91 Å². The van der Waals surface area contributed by atoms with Crippen molar-refractivity contribution in [3.05, 3.63) is 40.6 Å². The minimum Gasteiger partial charge on any atom is -0.326 e. The molecule has 1 aromatic heterocycles. The molecule has 0 radical (unpaired) electrons. The summed E-state index contributed by atoms with van der Waals surface area (Å²) < 4.78 is 2.19. The standard InChI is InChI=1S/C13H13BrN4O2/c1-8(19)15-9-3-5-10(6-4-9)16-13(20)12-11(14)7-18(2)17-12/h3-7H,1-2H3,(H,15,19)(H,16,20). The van der Waals surface area contributed by atoms with E-state index in [4.69, 9.17) is 0 Å². The number of nitrogens with zero attached hydrogens (tertiary/aromatic N) is 2. The molecule has 0 aliphatic heterocycles. The summed E-state index contributed by atoms with van der Waals surface area (Å²) in [5.41, 5.74) is 1.62. The predicted molar refractivity (Wildman–Crippen MR) is 79.6 cm³/mol. The lowest BCUT2D eigenvalue weighted by Gasteiger charge is -2.06. The molecule has 0 aliphatic carbocycles. The smallest absolute Gasteiger partial charge is 0.277 e. The van der Waals surface area contributed by atoms with Gasteiger partial charge < -0.3 is 10.6 Å². The average Bonchev–Trinajstić information content (AvgIpc) is 2.70. The molecule has 0 atom stereocenters. The van der Waals surface area contributed by atoms with Crippen LogP contribution in [0.5, 0.6) is 0 Å². The molecule has 0 saturated carbocycles. The zero-order valence-electron chi connectivity index (χ0n) is 11.0. The molecule has 7 heteroatoms. The summed E-state index contributed by atoms with van der Waals surface area (Å²) in [6.07, 6.45) is 1.70. The van der Waals surface area contributed by atoms with Gasteiger partial charge in [-0.2, -0.15) is 5.10 Å².